The summed E-state index contributed by atoms with van der Waals surface area (Å²) < 4.78 is 11.0. The highest BCUT2D eigenvalue weighted by atomic mass is 16.6. The van der Waals surface area contributed by atoms with Gasteiger partial charge in [-0.05, 0) is 54.5 Å². The number of carbonyl (C=O) groups excluding carboxylic acids is 2. The first-order valence-corrected chi connectivity index (χ1v) is 9.26. The predicted octanol–water partition coefficient (Wildman–Crippen LogP) is 4.11. The van der Waals surface area contributed by atoms with E-state index in [0.29, 0.717) is 19.5 Å². The highest BCUT2D eigenvalue weighted by Gasteiger charge is 2.41. The summed E-state index contributed by atoms with van der Waals surface area (Å²) in [6.45, 7) is 13.6. The summed E-state index contributed by atoms with van der Waals surface area (Å²) in [5.41, 5.74) is 0.709. The van der Waals surface area contributed by atoms with Crippen molar-refractivity contribution < 1.29 is 19.1 Å². The minimum Gasteiger partial charge on any atom is -0.444 e. The molecule has 7 heteroatoms. The molecule has 1 aliphatic carbocycles. The molecule has 0 radical (unpaired) electrons. The van der Waals surface area contributed by atoms with E-state index in [1.54, 1.807) is 0 Å². The molecule has 2 amide bonds. The number of hydrogen-bond donors (Lipinski definition) is 0. The second-order valence-electron chi connectivity index (χ2n) is 8.80. The van der Waals surface area contributed by atoms with Crippen LogP contribution in [0.25, 0.3) is 0 Å². The second kappa shape index (κ2) is 7.74. The number of amides is 2. The van der Waals surface area contributed by atoms with E-state index in [1.807, 2.05) is 60.6 Å². The normalized spacial score (nSPS) is 20.1. The van der Waals surface area contributed by atoms with Crippen molar-refractivity contribution in [2.24, 2.45) is 4.99 Å². The van der Waals surface area contributed by atoms with E-state index < -0.39 is 29.7 Å². The summed E-state index contributed by atoms with van der Waals surface area (Å²) in [4.78, 5) is 32.9. The first-order valence-electron chi connectivity index (χ1n) is 9.26. The maximum atomic E-state index is 12.6. The number of allylic oxidation sites excluding steroid dienone is 4. The minimum absolute atomic E-state index is 0.341. The molecule has 27 heavy (non-hydrogen) atoms. The third-order valence-corrected chi connectivity index (χ3v) is 3.85. The van der Waals surface area contributed by atoms with Gasteiger partial charge in [0, 0.05) is 25.2 Å². The molecule has 2 rings (SSSR count). The third kappa shape index (κ3) is 6.12. The quantitative estimate of drug-likeness (QED) is 0.689. The zero-order chi connectivity index (χ0) is 20.4. The zero-order valence-corrected chi connectivity index (χ0v) is 17.4. The van der Waals surface area contributed by atoms with Crippen molar-refractivity contribution in [1.29, 1.82) is 0 Å². The first kappa shape index (κ1) is 21.0. The van der Waals surface area contributed by atoms with Crippen LogP contribution in [0, 0.1) is 0 Å². The molecular formula is C20H31N3O4. The maximum Gasteiger partial charge on any atom is 0.413 e. The van der Waals surface area contributed by atoms with E-state index in [0.717, 1.165) is 11.3 Å². The van der Waals surface area contributed by atoms with Gasteiger partial charge in [0.25, 0.3) is 0 Å². The molecule has 2 aliphatic rings. The van der Waals surface area contributed by atoms with Crippen LogP contribution in [0.2, 0.25) is 0 Å². The minimum atomic E-state index is -0.777. The van der Waals surface area contributed by atoms with Crippen LogP contribution in [0.3, 0.4) is 0 Å². The Balaban J connectivity index is 2.27. The maximum absolute atomic E-state index is 12.6. The Morgan fingerprint density at radius 3 is 1.81 bits per heavy atom. The molecule has 7 nitrogen and oxygen atoms in total. The molecule has 0 atom stereocenters. The van der Waals surface area contributed by atoms with Crippen molar-refractivity contribution >= 4 is 17.9 Å². The van der Waals surface area contributed by atoms with Gasteiger partial charge in [-0.25, -0.2) is 14.6 Å². The molecular weight excluding hydrogens is 346 g/mol. The lowest BCUT2D eigenvalue weighted by Crippen LogP contribution is -2.46. The molecule has 1 fully saturated rings. The third-order valence-electron chi connectivity index (χ3n) is 3.85. The molecule has 0 bridgehead atoms. The summed E-state index contributed by atoms with van der Waals surface area (Å²) in [5.74, 6) is 0. The highest BCUT2D eigenvalue weighted by Crippen LogP contribution is 2.23. The van der Waals surface area contributed by atoms with Gasteiger partial charge in [0.15, 0.2) is 0 Å². The van der Waals surface area contributed by atoms with Gasteiger partial charge in [-0.3, -0.25) is 9.80 Å². The van der Waals surface area contributed by atoms with Crippen LogP contribution >= 0.6 is 0 Å². The molecule has 0 saturated carbocycles. The van der Waals surface area contributed by atoms with Crippen LogP contribution in [0.15, 0.2) is 28.8 Å². The second-order valence-corrected chi connectivity index (χ2v) is 8.80. The van der Waals surface area contributed by atoms with E-state index in [1.165, 1.54) is 9.80 Å². The van der Waals surface area contributed by atoms with Crippen molar-refractivity contribution in [3.05, 3.63) is 23.8 Å². The largest absolute Gasteiger partial charge is 0.444 e. The Morgan fingerprint density at radius 2 is 1.44 bits per heavy atom. The van der Waals surface area contributed by atoms with E-state index in [-0.39, 0.29) is 0 Å². The number of carbonyl (C=O) groups is 2. The lowest BCUT2D eigenvalue weighted by molar-refractivity contribution is 0.00195. The molecule has 150 valence electrons. The van der Waals surface area contributed by atoms with E-state index >= 15 is 0 Å². The number of ether oxygens (including phenoxy) is 2. The van der Waals surface area contributed by atoms with Crippen molar-refractivity contribution in [2.75, 3.05) is 13.1 Å². The molecule has 1 saturated heterocycles. The summed E-state index contributed by atoms with van der Waals surface area (Å²) >= 11 is 0. The van der Waals surface area contributed by atoms with E-state index in [9.17, 15) is 9.59 Å². The highest BCUT2D eigenvalue weighted by molar-refractivity contribution is 5.97. The molecule has 0 aromatic heterocycles. The topological polar surface area (TPSA) is 71.4 Å². The van der Waals surface area contributed by atoms with Gasteiger partial charge in [0.1, 0.15) is 11.2 Å². The summed E-state index contributed by atoms with van der Waals surface area (Å²) in [6.07, 6.45) is 4.83. The van der Waals surface area contributed by atoms with E-state index in [4.69, 9.17) is 9.47 Å². The summed E-state index contributed by atoms with van der Waals surface area (Å²) in [6, 6.07) is 0. The van der Waals surface area contributed by atoms with Crippen molar-refractivity contribution in [1.82, 2.24) is 9.80 Å². The summed E-state index contributed by atoms with van der Waals surface area (Å²) in [7, 11) is 0. The van der Waals surface area contributed by atoms with Crippen molar-refractivity contribution in [2.45, 2.75) is 72.4 Å². The molecule has 0 N–H and O–H groups in total. The Bertz CT molecular complexity index is 644. The van der Waals surface area contributed by atoms with Crippen LogP contribution in [-0.2, 0) is 9.47 Å². The number of hydrogen-bond acceptors (Lipinski definition) is 5. The first-order chi connectivity index (χ1) is 12.4. The SMILES string of the molecule is CC1=CC/C(=N\C2N(C(=O)OC(C)(C)C)CCN2C(=O)OC(C)(C)C)C=C1. The van der Waals surface area contributed by atoms with Gasteiger partial charge in [-0.1, -0.05) is 17.7 Å². The molecule has 0 aromatic rings. The average Bonchev–Trinajstić information content (AvgIpc) is 2.90. The molecule has 1 aliphatic heterocycles. The van der Waals surface area contributed by atoms with Crippen molar-refractivity contribution in [3.63, 3.8) is 0 Å². The molecule has 0 aromatic carbocycles. The Kier molecular flexibility index (Phi) is 6.02. The Hall–Kier alpha value is -2.31. The number of nitrogens with zero attached hydrogens (tertiary/aromatic N) is 3. The lowest BCUT2D eigenvalue weighted by Gasteiger charge is -2.31. The van der Waals surface area contributed by atoms with Crippen LogP contribution in [0.4, 0.5) is 9.59 Å². The van der Waals surface area contributed by atoms with Gasteiger partial charge in [0.05, 0.1) is 0 Å². The number of rotatable bonds is 1. The van der Waals surface area contributed by atoms with Crippen LogP contribution in [0.1, 0.15) is 54.9 Å². The van der Waals surface area contributed by atoms with Gasteiger partial charge >= 0.3 is 12.2 Å². The molecule has 0 unspecified atom stereocenters. The van der Waals surface area contributed by atoms with E-state index in [2.05, 4.69) is 11.1 Å². The fraction of sp³-hybridized carbons (Fsp3) is 0.650. The fourth-order valence-corrected chi connectivity index (χ4v) is 2.64. The van der Waals surface area contributed by atoms with Crippen LogP contribution in [0.5, 0.6) is 0 Å². The van der Waals surface area contributed by atoms with Crippen molar-refractivity contribution in [3.8, 4) is 0 Å². The standard InChI is InChI=1S/C20H31N3O4/c1-14-8-10-15(11-9-14)21-16-22(17(24)26-19(2,3)4)12-13-23(16)18(25)27-20(5,6)7/h8-10,16H,11-13H2,1-7H3/b21-15-. The fourth-order valence-electron chi connectivity index (χ4n) is 2.64. The monoisotopic (exact) mass is 377 g/mol. The zero-order valence-electron chi connectivity index (χ0n) is 17.4. The van der Waals surface area contributed by atoms with Gasteiger partial charge in [0.2, 0.25) is 6.29 Å². The lowest BCUT2D eigenvalue weighted by atomic mass is 10.1. The van der Waals surface area contributed by atoms with Crippen LogP contribution in [-0.4, -0.2) is 58.3 Å². The predicted molar refractivity (Wildman–Crippen MR) is 105 cm³/mol. The Labute approximate surface area is 161 Å². The number of aliphatic imine (C=N–C) groups is 1. The average molecular weight is 377 g/mol. The van der Waals surface area contributed by atoms with Crippen LogP contribution < -0.4 is 0 Å². The smallest absolute Gasteiger partial charge is 0.413 e. The summed E-state index contributed by atoms with van der Waals surface area (Å²) in [5, 5.41) is 0. The van der Waals surface area contributed by atoms with Gasteiger partial charge < -0.3 is 9.47 Å². The Morgan fingerprint density at radius 1 is 0.963 bits per heavy atom. The molecule has 0 spiro atoms. The van der Waals surface area contributed by atoms with Gasteiger partial charge in [-0.2, -0.15) is 0 Å². The molecule has 1 heterocycles. The van der Waals surface area contributed by atoms with Gasteiger partial charge in [-0.15, -0.1) is 0 Å².